The van der Waals surface area contributed by atoms with Crippen molar-refractivity contribution in [2.45, 2.75) is 19.8 Å². The molecule has 1 fully saturated rings. The molecular formula is C14H20N4. The predicted octanol–water partition coefficient (Wildman–Crippen LogP) is 2.10. The van der Waals surface area contributed by atoms with Crippen molar-refractivity contribution in [3.8, 4) is 6.07 Å². The number of pyridine rings is 1. The highest BCUT2D eigenvalue weighted by Crippen LogP contribution is 2.17. The van der Waals surface area contributed by atoms with Crippen LogP contribution in [0, 0.1) is 17.2 Å². The SMILES string of the molecule is CCCN1CC[C@H](CNc2ccc(C#N)nc2)C1. The lowest BCUT2D eigenvalue weighted by Gasteiger charge is -2.15. The quantitative estimate of drug-likeness (QED) is 0.861. The lowest BCUT2D eigenvalue weighted by atomic mass is 10.1. The molecule has 0 saturated carbocycles. The molecule has 0 unspecified atom stereocenters. The fourth-order valence-electron chi connectivity index (χ4n) is 2.43. The average Bonchev–Trinajstić information content (AvgIpc) is 2.85. The third kappa shape index (κ3) is 3.44. The molecule has 0 amide bonds. The number of nitrogens with zero attached hydrogens (tertiary/aromatic N) is 3. The molecule has 1 aromatic heterocycles. The summed E-state index contributed by atoms with van der Waals surface area (Å²) in [5.41, 5.74) is 1.47. The summed E-state index contributed by atoms with van der Waals surface area (Å²) in [5.74, 6) is 0.729. The summed E-state index contributed by atoms with van der Waals surface area (Å²) >= 11 is 0. The zero-order valence-corrected chi connectivity index (χ0v) is 10.9. The summed E-state index contributed by atoms with van der Waals surface area (Å²) in [4.78, 5) is 6.58. The molecule has 0 radical (unpaired) electrons. The van der Waals surface area contributed by atoms with Crippen LogP contribution in [0.25, 0.3) is 0 Å². The van der Waals surface area contributed by atoms with Gasteiger partial charge in [-0.1, -0.05) is 6.92 Å². The number of aromatic nitrogens is 1. The molecule has 4 nitrogen and oxygen atoms in total. The maximum Gasteiger partial charge on any atom is 0.140 e. The number of likely N-dealkylation sites (tertiary alicyclic amines) is 1. The standard InChI is InChI=1S/C14H20N4/c1-2-6-18-7-5-12(11-18)9-16-14-4-3-13(8-15)17-10-14/h3-4,10,12,16H,2,5-7,9,11H2,1H3/t12-/m1/s1. The van der Waals surface area contributed by atoms with Crippen LogP contribution in [0.5, 0.6) is 0 Å². The van der Waals surface area contributed by atoms with Crippen LogP contribution >= 0.6 is 0 Å². The number of rotatable bonds is 5. The molecule has 18 heavy (non-hydrogen) atoms. The monoisotopic (exact) mass is 244 g/mol. The maximum atomic E-state index is 8.67. The Morgan fingerprint density at radius 1 is 1.56 bits per heavy atom. The Morgan fingerprint density at radius 3 is 3.11 bits per heavy atom. The van der Waals surface area contributed by atoms with Crippen molar-refractivity contribution in [2.75, 3.05) is 31.5 Å². The fraction of sp³-hybridized carbons (Fsp3) is 0.571. The summed E-state index contributed by atoms with van der Waals surface area (Å²) < 4.78 is 0. The zero-order valence-electron chi connectivity index (χ0n) is 10.9. The van der Waals surface area contributed by atoms with Crippen molar-refractivity contribution < 1.29 is 0 Å². The van der Waals surface area contributed by atoms with E-state index in [1.807, 2.05) is 12.1 Å². The van der Waals surface area contributed by atoms with E-state index in [2.05, 4.69) is 22.1 Å². The van der Waals surface area contributed by atoms with Crippen LogP contribution in [-0.2, 0) is 0 Å². The third-order valence-electron chi connectivity index (χ3n) is 3.38. The molecule has 96 valence electrons. The van der Waals surface area contributed by atoms with Crippen LogP contribution in [0.2, 0.25) is 0 Å². The molecule has 1 aliphatic rings. The average molecular weight is 244 g/mol. The number of nitrogens with one attached hydrogen (secondary N) is 1. The van der Waals surface area contributed by atoms with Gasteiger partial charge >= 0.3 is 0 Å². The van der Waals surface area contributed by atoms with Crippen LogP contribution in [-0.4, -0.2) is 36.1 Å². The molecule has 1 N–H and O–H groups in total. The number of hydrogen-bond acceptors (Lipinski definition) is 4. The van der Waals surface area contributed by atoms with Gasteiger partial charge in [-0.2, -0.15) is 5.26 Å². The maximum absolute atomic E-state index is 8.67. The van der Waals surface area contributed by atoms with Crippen LogP contribution in [0.1, 0.15) is 25.5 Å². The summed E-state index contributed by atoms with van der Waals surface area (Å²) in [6.45, 7) is 6.87. The van der Waals surface area contributed by atoms with Gasteiger partial charge in [0.15, 0.2) is 0 Å². The second-order valence-corrected chi connectivity index (χ2v) is 4.88. The highest BCUT2D eigenvalue weighted by Gasteiger charge is 2.21. The van der Waals surface area contributed by atoms with E-state index in [9.17, 15) is 0 Å². The van der Waals surface area contributed by atoms with E-state index in [1.54, 1.807) is 12.3 Å². The van der Waals surface area contributed by atoms with E-state index >= 15 is 0 Å². The molecule has 2 heterocycles. The van der Waals surface area contributed by atoms with Crippen LogP contribution in [0.3, 0.4) is 0 Å². The molecule has 0 bridgehead atoms. The largest absolute Gasteiger partial charge is 0.383 e. The molecule has 1 aromatic rings. The van der Waals surface area contributed by atoms with Crippen molar-refractivity contribution in [2.24, 2.45) is 5.92 Å². The van der Waals surface area contributed by atoms with E-state index in [-0.39, 0.29) is 0 Å². The van der Waals surface area contributed by atoms with Gasteiger partial charge in [-0.15, -0.1) is 0 Å². The number of nitriles is 1. The topological polar surface area (TPSA) is 52.0 Å². The van der Waals surface area contributed by atoms with Crippen molar-refractivity contribution in [1.82, 2.24) is 9.88 Å². The smallest absolute Gasteiger partial charge is 0.140 e. The normalized spacial score (nSPS) is 19.7. The Balaban J connectivity index is 1.76. The van der Waals surface area contributed by atoms with Gasteiger partial charge in [0.25, 0.3) is 0 Å². The van der Waals surface area contributed by atoms with Gasteiger partial charge in [-0.3, -0.25) is 0 Å². The van der Waals surface area contributed by atoms with E-state index in [0.29, 0.717) is 5.69 Å². The Hall–Kier alpha value is -1.60. The molecular weight excluding hydrogens is 224 g/mol. The first-order valence-electron chi connectivity index (χ1n) is 6.64. The van der Waals surface area contributed by atoms with E-state index < -0.39 is 0 Å². The lowest BCUT2D eigenvalue weighted by molar-refractivity contribution is 0.327. The Bertz CT molecular complexity index is 407. The Kier molecular flexibility index (Phi) is 4.54. The minimum Gasteiger partial charge on any atom is -0.383 e. The minimum atomic E-state index is 0.468. The van der Waals surface area contributed by atoms with Crippen LogP contribution in [0.15, 0.2) is 18.3 Å². The summed E-state index contributed by atoms with van der Waals surface area (Å²) in [5, 5.41) is 12.1. The summed E-state index contributed by atoms with van der Waals surface area (Å²) in [6.07, 6.45) is 4.24. The molecule has 1 saturated heterocycles. The van der Waals surface area contributed by atoms with Crippen molar-refractivity contribution in [1.29, 1.82) is 5.26 Å². The highest BCUT2D eigenvalue weighted by molar-refractivity contribution is 5.42. The second kappa shape index (κ2) is 6.36. The highest BCUT2D eigenvalue weighted by atomic mass is 15.1. The first-order chi connectivity index (χ1) is 8.81. The molecule has 1 aliphatic heterocycles. The first-order valence-corrected chi connectivity index (χ1v) is 6.64. The van der Waals surface area contributed by atoms with Gasteiger partial charge in [-0.05, 0) is 44.0 Å². The number of hydrogen-bond donors (Lipinski definition) is 1. The molecule has 0 spiro atoms. The molecule has 1 atom stereocenters. The molecule has 0 aliphatic carbocycles. The summed E-state index contributed by atoms with van der Waals surface area (Å²) in [7, 11) is 0. The first kappa shape index (κ1) is 12.8. The van der Waals surface area contributed by atoms with Crippen LogP contribution in [0.4, 0.5) is 5.69 Å². The minimum absolute atomic E-state index is 0.468. The van der Waals surface area contributed by atoms with Gasteiger partial charge < -0.3 is 10.2 Å². The fourth-order valence-corrected chi connectivity index (χ4v) is 2.43. The van der Waals surface area contributed by atoms with E-state index in [4.69, 9.17) is 5.26 Å². The van der Waals surface area contributed by atoms with Crippen molar-refractivity contribution in [3.05, 3.63) is 24.0 Å². The zero-order chi connectivity index (χ0) is 12.8. The summed E-state index contributed by atoms with van der Waals surface area (Å²) in [6, 6.07) is 5.70. The predicted molar refractivity (Wildman–Crippen MR) is 72.3 cm³/mol. The molecule has 0 aromatic carbocycles. The van der Waals surface area contributed by atoms with Gasteiger partial charge in [0, 0.05) is 13.1 Å². The molecule has 4 heteroatoms. The van der Waals surface area contributed by atoms with Gasteiger partial charge in [0.2, 0.25) is 0 Å². The van der Waals surface area contributed by atoms with E-state index in [1.165, 1.54) is 32.5 Å². The van der Waals surface area contributed by atoms with Crippen molar-refractivity contribution in [3.63, 3.8) is 0 Å². The van der Waals surface area contributed by atoms with Gasteiger partial charge in [0.05, 0.1) is 11.9 Å². The number of anilines is 1. The lowest BCUT2D eigenvalue weighted by Crippen LogP contribution is -2.23. The van der Waals surface area contributed by atoms with E-state index in [0.717, 1.165) is 18.2 Å². The van der Waals surface area contributed by atoms with Gasteiger partial charge in [-0.25, -0.2) is 4.98 Å². The third-order valence-corrected chi connectivity index (χ3v) is 3.38. The van der Waals surface area contributed by atoms with Crippen LogP contribution < -0.4 is 5.32 Å². The molecule has 2 rings (SSSR count). The Labute approximate surface area is 109 Å². The van der Waals surface area contributed by atoms with Gasteiger partial charge in [0.1, 0.15) is 11.8 Å². The Morgan fingerprint density at radius 2 is 2.44 bits per heavy atom. The second-order valence-electron chi connectivity index (χ2n) is 4.88. The van der Waals surface area contributed by atoms with Crippen molar-refractivity contribution >= 4 is 5.69 Å².